The largest absolute Gasteiger partial charge is 0.341 e. The normalized spacial score (nSPS) is 16.1. The summed E-state index contributed by atoms with van der Waals surface area (Å²) >= 11 is 5.27. The van der Waals surface area contributed by atoms with E-state index in [1.54, 1.807) is 0 Å². The molecular weight excluding hydrogens is 336 g/mol. The molecule has 20 heavy (non-hydrogen) atoms. The van der Waals surface area contributed by atoms with Crippen molar-refractivity contribution in [3.63, 3.8) is 0 Å². The van der Waals surface area contributed by atoms with E-state index in [1.165, 1.54) is 12.8 Å². The van der Waals surface area contributed by atoms with Gasteiger partial charge in [0.2, 0.25) is 5.91 Å². The number of rotatable bonds is 5. The number of nitrogens with one attached hydrogen (secondary N) is 1. The predicted octanol–water partition coefficient (Wildman–Crippen LogP) is 2.89. The van der Waals surface area contributed by atoms with E-state index in [-0.39, 0.29) is 5.91 Å². The summed E-state index contributed by atoms with van der Waals surface area (Å²) in [5.41, 5.74) is 1.15. The lowest BCUT2D eigenvalue weighted by molar-refractivity contribution is -0.127. The summed E-state index contributed by atoms with van der Waals surface area (Å²) in [5.74, 6) is 0.809. The summed E-state index contributed by atoms with van der Waals surface area (Å²) in [6, 6.07) is 8.11. The molecule has 0 bridgehead atoms. The van der Waals surface area contributed by atoms with E-state index in [4.69, 9.17) is 0 Å². The second-order valence-corrected chi connectivity index (χ2v) is 7.34. The highest BCUT2D eigenvalue weighted by Gasteiger charge is 2.16. The number of thioether (sulfide) groups is 1. The van der Waals surface area contributed by atoms with Crippen LogP contribution >= 0.6 is 27.7 Å². The number of amides is 1. The molecule has 0 aliphatic carbocycles. The maximum Gasteiger partial charge on any atom is 0.232 e. The number of halogens is 1. The average molecular weight is 357 g/mol. The molecule has 1 saturated heterocycles. The molecule has 0 aromatic heterocycles. The average Bonchev–Trinajstić information content (AvgIpc) is 2.46. The van der Waals surface area contributed by atoms with Gasteiger partial charge in [0.05, 0.1) is 5.75 Å². The van der Waals surface area contributed by atoms with Crippen molar-refractivity contribution < 1.29 is 4.79 Å². The molecule has 3 nitrogen and oxygen atoms in total. The van der Waals surface area contributed by atoms with Crippen LogP contribution in [0.2, 0.25) is 0 Å². The fourth-order valence-corrected chi connectivity index (χ4v) is 3.87. The zero-order valence-electron chi connectivity index (χ0n) is 11.8. The van der Waals surface area contributed by atoms with E-state index in [0.717, 1.165) is 23.1 Å². The van der Waals surface area contributed by atoms with Gasteiger partial charge in [-0.1, -0.05) is 28.1 Å². The zero-order chi connectivity index (χ0) is 14.4. The summed E-state index contributed by atoms with van der Waals surface area (Å²) in [4.78, 5) is 14.0. The Morgan fingerprint density at radius 2 is 2.20 bits per heavy atom. The summed E-state index contributed by atoms with van der Waals surface area (Å²) in [5, 5.41) is 3.99. The van der Waals surface area contributed by atoms with Gasteiger partial charge in [-0.2, -0.15) is 0 Å². The van der Waals surface area contributed by atoms with Crippen molar-refractivity contribution in [3.05, 3.63) is 34.3 Å². The fraction of sp³-hybridized carbons (Fsp3) is 0.533. The minimum absolute atomic E-state index is 0.216. The lowest BCUT2D eigenvalue weighted by Crippen LogP contribution is -2.32. The zero-order valence-corrected chi connectivity index (χ0v) is 14.2. The number of piperidine rings is 1. The quantitative estimate of drug-likeness (QED) is 0.880. The first-order chi connectivity index (χ1) is 9.65. The molecule has 5 heteroatoms. The van der Waals surface area contributed by atoms with E-state index < -0.39 is 0 Å². The van der Waals surface area contributed by atoms with Crippen LogP contribution in [-0.4, -0.2) is 41.9 Å². The maximum atomic E-state index is 12.2. The summed E-state index contributed by atoms with van der Waals surface area (Å²) in [6.07, 6.45) is 2.35. The Balaban J connectivity index is 1.76. The molecule has 1 N–H and O–H groups in total. The second kappa shape index (κ2) is 8.05. The van der Waals surface area contributed by atoms with Crippen LogP contribution in [0.25, 0.3) is 0 Å². The van der Waals surface area contributed by atoms with E-state index in [0.29, 0.717) is 17.5 Å². The molecule has 1 aromatic rings. The van der Waals surface area contributed by atoms with Crippen LogP contribution in [0.1, 0.15) is 18.4 Å². The lowest BCUT2D eigenvalue weighted by Gasteiger charge is -2.23. The van der Waals surface area contributed by atoms with Gasteiger partial charge in [0, 0.05) is 23.3 Å². The van der Waals surface area contributed by atoms with Crippen molar-refractivity contribution in [1.82, 2.24) is 10.2 Å². The van der Waals surface area contributed by atoms with Gasteiger partial charge >= 0.3 is 0 Å². The standard InChI is InChI=1S/C15H21BrN2OS/c1-18(10-12-3-2-4-13(16)9-12)15(19)11-20-14-5-7-17-8-6-14/h2-4,9,14,17H,5-8,10-11H2,1H3. The first kappa shape index (κ1) is 15.9. The maximum absolute atomic E-state index is 12.2. The molecule has 1 heterocycles. The number of hydrogen-bond donors (Lipinski definition) is 1. The van der Waals surface area contributed by atoms with E-state index >= 15 is 0 Å². The number of carbonyl (C=O) groups is 1. The highest BCUT2D eigenvalue weighted by molar-refractivity contribution is 9.10. The van der Waals surface area contributed by atoms with Gasteiger partial charge in [-0.05, 0) is 43.6 Å². The van der Waals surface area contributed by atoms with Crippen LogP contribution in [0.5, 0.6) is 0 Å². The SMILES string of the molecule is CN(Cc1cccc(Br)c1)C(=O)CSC1CCNCC1. The second-order valence-electron chi connectivity index (χ2n) is 5.14. The molecule has 0 radical (unpaired) electrons. The van der Waals surface area contributed by atoms with Gasteiger partial charge in [-0.15, -0.1) is 11.8 Å². The first-order valence-corrected chi connectivity index (χ1v) is 8.80. The monoisotopic (exact) mass is 356 g/mol. The smallest absolute Gasteiger partial charge is 0.232 e. The Morgan fingerprint density at radius 3 is 2.90 bits per heavy atom. The Kier molecular flexibility index (Phi) is 6.39. The van der Waals surface area contributed by atoms with Crippen LogP contribution in [0, 0.1) is 0 Å². The molecule has 2 rings (SSSR count). The lowest BCUT2D eigenvalue weighted by atomic mass is 10.2. The molecule has 1 aliphatic heterocycles. The topological polar surface area (TPSA) is 32.3 Å². The molecule has 1 aliphatic rings. The van der Waals surface area contributed by atoms with Crippen molar-refractivity contribution in [2.24, 2.45) is 0 Å². The molecule has 0 atom stereocenters. The minimum atomic E-state index is 0.216. The summed E-state index contributed by atoms with van der Waals surface area (Å²) < 4.78 is 1.06. The van der Waals surface area contributed by atoms with E-state index in [9.17, 15) is 4.79 Å². The molecule has 0 saturated carbocycles. The minimum Gasteiger partial charge on any atom is -0.341 e. The molecule has 0 unspecified atom stereocenters. The van der Waals surface area contributed by atoms with Gasteiger partial charge < -0.3 is 10.2 Å². The Labute approximate surface area is 133 Å². The van der Waals surface area contributed by atoms with Gasteiger partial charge in [-0.25, -0.2) is 0 Å². The van der Waals surface area contributed by atoms with Crippen LogP contribution < -0.4 is 5.32 Å². The van der Waals surface area contributed by atoms with Crippen molar-refractivity contribution in [3.8, 4) is 0 Å². The van der Waals surface area contributed by atoms with Gasteiger partial charge in [-0.3, -0.25) is 4.79 Å². The molecule has 1 fully saturated rings. The van der Waals surface area contributed by atoms with Gasteiger partial charge in [0.25, 0.3) is 0 Å². The predicted molar refractivity (Wildman–Crippen MR) is 89.0 cm³/mol. The third-order valence-corrected chi connectivity index (χ3v) is 5.31. The van der Waals surface area contributed by atoms with E-state index in [2.05, 4.69) is 33.4 Å². The number of benzene rings is 1. The van der Waals surface area contributed by atoms with Gasteiger partial charge in [0.1, 0.15) is 0 Å². The van der Waals surface area contributed by atoms with Crippen molar-refractivity contribution >= 4 is 33.6 Å². The Bertz CT molecular complexity index is 449. The number of hydrogen-bond acceptors (Lipinski definition) is 3. The molecule has 110 valence electrons. The highest BCUT2D eigenvalue weighted by Crippen LogP contribution is 2.20. The molecule has 1 amide bonds. The Morgan fingerprint density at radius 1 is 1.45 bits per heavy atom. The van der Waals surface area contributed by atoms with Crippen LogP contribution in [0.15, 0.2) is 28.7 Å². The Hall–Kier alpha value is -0.520. The molecule has 1 aromatic carbocycles. The van der Waals surface area contributed by atoms with E-state index in [1.807, 2.05) is 35.8 Å². The van der Waals surface area contributed by atoms with Crippen molar-refractivity contribution in [1.29, 1.82) is 0 Å². The number of nitrogens with zero attached hydrogens (tertiary/aromatic N) is 1. The van der Waals surface area contributed by atoms with Gasteiger partial charge in [0.15, 0.2) is 0 Å². The summed E-state index contributed by atoms with van der Waals surface area (Å²) in [6.45, 7) is 2.84. The van der Waals surface area contributed by atoms with Crippen LogP contribution in [0.3, 0.4) is 0 Å². The third-order valence-electron chi connectivity index (χ3n) is 3.46. The third kappa shape index (κ3) is 5.11. The van der Waals surface area contributed by atoms with Crippen molar-refractivity contribution in [2.75, 3.05) is 25.9 Å². The molecular formula is C15H21BrN2OS. The first-order valence-electron chi connectivity index (χ1n) is 6.96. The number of carbonyl (C=O) groups excluding carboxylic acids is 1. The highest BCUT2D eigenvalue weighted by atomic mass is 79.9. The van der Waals surface area contributed by atoms with Crippen LogP contribution in [-0.2, 0) is 11.3 Å². The van der Waals surface area contributed by atoms with Crippen molar-refractivity contribution in [2.45, 2.75) is 24.6 Å². The van der Waals surface area contributed by atoms with Crippen LogP contribution in [0.4, 0.5) is 0 Å². The molecule has 0 spiro atoms. The fourth-order valence-electron chi connectivity index (χ4n) is 2.26. The summed E-state index contributed by atoms with van der Waals surface area (Å²) in [7, 11) is 1.88.